The summed E-state index contributed by atoms with van der Waals surface area (Å²) in [7, 11) is 0. The summed E-state index contributed by atoms with van der Waals surface area (Å²) < 4.78 is 5.86. The van der Waals surface area contributed by atoms with Gasteiger partial charge in [0.05, 0.1) is 12.1 Å². The molecule has 4 rings (SSSR count). The normalized spacial score (nSPS) is 31.6. The molecule has 1 aromatic rings. The molecule has 0 amide bonds. The highest BCUT2D eigenvalue weighted by molar-refractivity contribution is 6.30. The van der Waals surface area contributed by atoms with Crippen LogP contribution >= 0.6 is 11.6 Å². The highest BCUT2D eigenvalue weighted by Gasteiger charge is 2.59. The Labute approximate surface area is 154 Å². The number of aliphatic imine (C=N–C) groups is 1. The highest BCUT2D eigenvalue weighted by Crippen LogP contribution is 2.53. The third kappa shape index (κ3) is 2.97. The fourth-order valence-electron chi connectivity index (χ4n) is 4.63. The maximum Gasteiger partial charge on any atom is 0.191 e. The molecule has 5 nitrogen and oxygen atoms in total. The van der Waals surface area contributed by atoms with Crippen LogP contribution in [-0.2, 0) is 4.74 Å². The van der Waals surface area contributed by atoms with Gasteiger partial charge in [-0.25, -0.2) is 4.99 Å². The zero-order chi connectivity index (χ0) is 17.6. The van der Waals surface area contributed by atoms with Crippen molar-refractivity contribution in [2.24, 2.45) is 22.1 Å². The van der Waals surface area contributed by atoms with E-state index in [0.29, 0.717) is 18.0 Å². The molecule has 3 fully saturated rings. The molecule has 2 heterocycles. The first-order valence-corrected chi connectivity index (χ1v) is 9.55. The number of anilines is 1. The first-order chi connectivity index (χ1) is 12.0. The molecule has 3 unspecified atom stereocenters. The summed E-state index contributed by atoms with van der Waals surface area (Å²) in [6.45, 7) is 9.05. The van der Waals surface area contributed by atoms with E-state index in [0.717, 1.165) is 44.2 Å². The number of rotatable bonds is 2. The molecule has 6 heteroatoms. The monoisotopic (exact) mass is 362 g/mol. The largest absolute Gasteiger partial charge is 0.377 e. The molecular formula is C19H27ClN4O. The molecule has 3 aliphatic rings. The van der Waals surface area contributed by atoms with Crippen LogP contribution in [0.5, 0.6) is 0 Å². The second-order valence-corrected chi connectivity index (χ2v) is 8.38. The summed E-state index contributed by atoms with van der Waals surface area (Å²) in [6.07, 6.45) is 1.47. The van der Waals surface area contributed by atoms with Crippen molar-refractivity contribution in [1.29, 1.82) is 0 Å². The van der Waals surface area contributed by atoms with E-state index in [1.54, 1.807) is 0 Å². The molecule has 0 spiro atoms. The van der Waals surface area contributed by atoms with Crippen LogP contribution in [0.4, 0.5) is 5.69 Å². The summed E-state index contributed by atoms with van der Waals surface area (Å²) in [5, 5.41) is 0.774. The van der Waals surface area contributed by atoms with Crippen LogP contribution in [0.25, 0.3) is 0 Å². The maximum atomic E-state index is 6.37. The molecule has 3 atom stereocenters. The molecule has 0 aromatic heterocycles. The van der Waals surface area contributed by atoms with Crippen molar-refractivity contribution in [2.45, 2.75) is 32.4 Å². The molecule has 25 heavy (non-hydrogen) atoms. The zero-order valence-corrected chi connectivity index (χ0v) is 15.7. The lowest BCUT2D eigenvalue weighted by atomic mass is 9.57. The molecule has 1 saturated carbocycles. The van der Waals surface area contributed by atoms with Gasteiger partial charge in [-0.05, 0) is 30.7 Å². The Hall–Kier alpha value is -1.46. The number of ether oxygens (including phenoxy) is 1. The van der Waals surface area contributed by atoms with Crippen LogP contribution in [0, 0.1) is 11.3 Å². The SMILES string of the molecule is CC1(C)C(N=C(N)N2CCN(c3ccc(Cl)cc3)CC2)C2CCOC21. The van der Waals surface area contributed by atoms with Gasteiger partial charge in [-0.2, -0.15) is 0 Å². The van der Waals surface area contributed by atoms with E-state index in [2.05, 4.69) is 35.8 Å². The first-order valence-electron chi connectivity index (χ1n) is 9.17. The van der Waals surface area contributed by atoms with E-state index >= 15 is 0 Å². The molecule has 1 aliphatic carbocycles. The summed E-state index contributed by atoms with van der Waals surface area (Å²) in [6, 6.07) is 8.32. The van der Waals surface area contributed by atoms with Gasteiger partial charge in [0.2, 0.25) is 0 Å². The van der Waals surface area contributed by atoms with E-state index in [-0.39, 0.29) is 11.5 Å². The fraction of sp³-hybridized carbons (Fsp3) is 0.632. The zero-order valence-electron chi connectivity index (χ0n) is 15.0. The van der Waals surface area contributed by atoms with Crippen LogP contribution in [0.2, 0.25) is 5.02 Å². The number of nitrogens with two attached hydrogens (primary N) is 1. The van der Waals surface area contributed by atoms with Crippen LogP contribution in [0.3, 0.4) is 0 Å². The molecule has 136 valence electrons. The van der Waals surface area contributed by atoms with Crippen molar-refractivity contribution < 1.29 is 4.74 Å². The number of hydrogen-bond acceptors (Lipinski definition) is 3. The Morgan fingerprint density at radius 2 is 1.88 bits per heavy atom. The van der Waals surface area contributed by atoms with E-state index in [1.807, 2.05) is 12.1 Å². The van der Waals surface area contributed by atoms with Gasteiger partial charge in [-0.15, -0.1) is 0 Å². The average molecular weight is 363 g/mol. The molecule has 2 N–H and O–H groups in total. The van der Waals surface area contributed by atoms with Crippen LogP contribution < -0.4 is 10.6 Å². The summed E-state index contributed by atoms with van der Waals surface area (Å²) in [5.41, 5.74) is 7.67. The van der Waals surface area contributed by atoms with Gasteiger partial charge in [0.1, 0.15) is 0 Å². The molecule has 2 aliphatic heterocycles. The Morgan fingerprint density at radius 1 is 1.20 bits per heavy atom. The van der Waals surface area contributed by atoms with Crippen molar-refractivity contribution in [2.75, 3.05) is 37.7 Å². The minimum absolute atomic E-state index is 0.0942. The Balaban J connectivity index is 1.38. The van der Waals surface area contributed by atoms with Crippen molar-refractivity contribution >= 4 is 23.2 Å². The minimum atomic E-state index is 0.0942. The number of piperazine rings is 1. The van der Waals surface area contributed by atoms with Crippen LogP contribution in [0.15, 0.2) is 29.3 Å². The van der Waals surface area contributed by atoms with E-state index in [4.69, 9.17) is 27.1 Å². The molecular weight excluding hydrogens is 336 g/mol. The maximum absolute atomic E-state index is 6.37. The Kier molecular flexibility index (Phi) is 4.32. The summed E-state index contributed by atoms with van der Waals surface area (Å²) >= 11 is 5.98. The topological polar surface area (TPSA) is 54.1 Å². The molecule has 1 aromatic carbocycles. The number of benzene rings is 1. The number of guanidine groups is 1. The smallest absolute Gasteiger partial charge is 0.191 e. The van der Waals surface area contributed by atoms with Crippen molar-refractivity contribution in [3.05, 3.63) is 29.3 Å². The van der Waals surface area contributed by atoms with Gasteiger partial charge in [-0.3, -0.25) is 0 Å². The van der Waals surface area contributed by atoms with Gasteiger partial charge in [0, 0.05) is 54.8 Å². The number of halogens is 1. The van der Waals surface area contributed by atoms with E-state index in [9.17, 15) is 0 Å². The van der Waals surface area contributed by atoms with Crippen molar-refractivity contribution in [3.8, 4) is 0 Å². The molecule has 0 radical (unpaired) electrons. The average Bonchev–Trinajstić information content (AvgIpc) is 3.07. The second-order valence-electron chi connectivity index (χ2n) is 7.95. The van der Waals surface area contributed by atoms with E-state index < -0.39 is 0 Å². The third-order valence-electron chi connectivity index (χ3n) is 6.11. The van der Waals surface area contributed by atoms with E-state index in [1.165, 1.54) is 5.69 Å². The standard InChI is InChI=1S/C19H27ClN4O/c1-19(2)16(15-7-12-25-17(15)19)22-18(21)24-10-8-23(9-11-24)14-5-3-13(20)4-6-14/h3-6,15-17H,7-12H2,1-2H3,(H2,21,22). The number of nitrogens with zero attached hydrogens (tertiary/aromatic N) is 3. The lowest BCUT2D eigenvalue weighted by Gasteiger charge is -2.52. The highest BCUT2D eigenvalue weighted by atomic mass is 35.5. The number of hydrogen-bond donors (Lipinski definition) is 1. The van der Waals surface area contributed by atoms with Gasteiger partial charge < -0.3 is 20.3 Å². The summed E-state index contributed by atoms with van der Waals surface area (Å²) in [4.78, 5) is 9.50. The van der Waals surface area contributed by atoms with Crippen LogP contribution in [-0.4, -0.2) is 55.8 Å². The summed E-state index contributed by atoms with van der Waals surface area (Å²) in [5.74, 6) is 1.24. The number of fused-ring (bicyclic) bond motifs is 1. The first kappa shape index (κ1) is 17.0. The quantitative estimate of drug-likeness (QED) is 0.649. The predicted octanol–water partition coefficient (Wildman–Crippen LogP) is 2.59. The predicted molar refractivity (Wildman–Crippen MR) is 102 cm³/mol. The lowest BCUT2D eigenvalue weighted by molar-refractivity contribution is -0.0988. The molecule has 2 saturated heterocycles. The Bertz CT molecular complexity index is 652. The second kappa shape index (κ2) is 6.36. The van der Waals surface area contributed by atoms with Crippen LogP contribution in [0.1, 0.15) is 20.3 Å². The van der Waals surface area contributed by atoms with Gasteiger partial charge in [0.25, 0.3) is 0 Å². The van der Waals surface area contributed by atoms with Crippen molar-refractivity contribution in [3.63, 3.8) is 0 Å². The lowest BCUT2D eigenvalue weighted by Crippen LogP contribution is -2.60. The minimum Gasteiger partial charge on any atom is -0.377 e. The van der Waals surface area contributed by atoms with Gasteiger partial charge in [0.15, 0.2) is 5.96 Å². The van der Waals surface area contributed by atoms with Crippen molar-refractivity contribution in [1.82, 2.24) is 4.90 Å². The fourth-order valence-corrected chi connectivity index (χ4v) is 4.76. The third-order valence-corrected chi connectivity index (χ3v) is 6.36. The van der Waals surface area contributed by atoms with Gasteiger partial charge in [-0.1, -0.05) is 25.4 Å². The Morgan fingerprint density at radius 3 is 2.56 bits per heavy atom. The van der Waals surface area contributed by atoms with Gasteiger partial charge >= 0.3 is 0 Å². The molecule has 0 bridgehead atoms.